The van der Waals surface area contributed by atoms with Crippen LogP contribution in [0, 0.1) is 27.7 Å². The van der Waals surface area contributed by atoms with Gasteiger partial charge in [-0.3, -0.25) is 10.1 Å². The molecule has 2 aromatic heterocycles. The fourth-order valence-electron chi connectivity index (χ4n) is 3.17. The van der Waals surface area contributed by atoms with Crippen LogP contribution in [0.3, 0.4) is 0 Å². The molecule has 0 bridgehead atoms. The molecule has 0 aliphatic heterocycles. The molecule has 32 heavy (non-hydrogen) atoms. The van der Waals surface area contributed by atoms with Crippen molar-refractivity contribution in [2.24, 2.45) is 0 Å². The van der Waals surface area contributed by atoms with Crippen molar-refractivity contribution >= 4 is 11.9 Å². The van der Waals surface area contributed by atoms with E-state index in [2.05, 4.69) is 20.6 Å². The molecule has 0 unspecified atom stereocenters. The monoisotopic (exact) mass is 431 g/mol. The van der Waals surface area contributed by atoms with E-state index in [4.69, 9.17) is 9.26 Å². The Labute approximate surface area is 186 Å². The molecule has 0 spiro atoms. The smallest absolute Gasteiger partial charge is 0.280 e. The maximum absolute atomic E-state index is 12.8. The number of hydrogen-bond donors (Lipinski definition) is 1. The molecule has 2 heterocycles. The fraction of sp³-hybridized carbons (Fsp3) is 0.250. The minimum absolute atomic E-state index is 0.154. The van der Waals surface area contributed by atoms with Crippen LogP contribution in [0.15, 0.2) is 53.3 Å². The standard InChI is InChI=1S/C24H25N5O3/c1-15-5-8-19(9-6-15)12-29-14-25-24(27-29)26-23(30)22-21(18(4)32-28-22)13-31-20-10-7-16(2)17(3)11-20/h5-11,14H,12-13H2,1-4H3,(H,26,27,30). The lowest BCUT2D eigenvalue weighted by Crippen LogP contribution is -2.16. The number of hydrogen-bond acceptors (Lipinski definition) is 6. The summed E-state index contributed by atoms with van der Waals surface area (Å²) in [6.45, 7) is 8.58. The van der Waals surface area contributed by atoms with E-state index >= 15 is 0 Å². The third kappa shape index (κ3) is 4.85. The zero-order valence-corrected chi connectivity index (χ0v) is 18.5. The molecule has 0 atom stereocenters. The number of carbonyl (C=O) groups is 1. The molecule has 1 amide bonds. The first kappa shape index (κ1) is 21.3. The van der Waals surface area contributed by atoms with E-state index in [9.17, 15) is 4.79 Å². The zero-order valence-electron chi connectivity index (χ0n) is 18.5. The summed E-state index contributed by atoms with van der Waals surface area (Å²) >= 11 is 0. The predicted molar refractivity (Wildman–Crippen MR) is 120 cm³/mol. The summed E-state index contributed by atoms with van der Waals surface area (Å²) in [7, 11) is 0. The van der Waals surface area contributed by atoms with Crippen molar-refractivity contribution in [3.05, 3.63) is 88.1 Å². The number of carbonyl (C=O) groups excluding carboxylic acids is 1. The number of nitrogens with zero attached hydrogens (tertiary/aromatic N) is 4. The van der Waals surface area contributed by atoms with E-state index in [1.807, 2.05) is 63.2 Å². The lowest BCUT2D eigenvalue weighted by atomic mass is 10.1. The Morgan fingerprint density at radius 2 is 1.84 bits per heavy atom. The Morgan fingerprint density at radius 1 is 1.06 bits per heavy atom. The van der Waals surface area contributed by atoms with Crippen LogP contribution in [-0.4, -0.2) is 25.8 Å². The second kappa shape index (κ2) is 9.05. The normalized spacial score (nSPS) is 10.9. The number of amides is 1. The number of nitrogens with one attached hydrogen (secondary N) is 1. The fourth-order valence-corrected chi connectivity index (χ4v) is 3.17. The molecular formula is C24H25N5O3. The van der Waals surface area contributed by atoms with E-state index in [0.29, 0.717) is 17.9 Å². The molecule has 0 fully saturated rings. The Kier molecular flexibility index (Phi) is 6.02. The molecule has 0 radical (unpaired) electrons. The first-order valence-corrected chi connectivity index (χ1v) is 10.3. The minimum atomic E-state index is -0.450. The third-order valence-corrected chi connectivity index (χ3v) is 5.29. The lowest BCUT2D eigenvalue weighted by molar-refractivity contribution is 0.101. The molecule has 1 N–H and O–H groups in total. The molecule has 0 aliphatic rings. The molecule has 8 nitrogen and oxygen atoms in total. The number of anilines is 1. The van der Waals surface area contributed by atoms with Gasteiger partial charge in [-0.1, -0.05) is 41.1 Å². The molecular weight excluding hydrogens is 406 g/mol. The van der Waals surface area contributed by atoms with Crippen molar-refractivity contribution in [2.75, 3.05) is 5.32 Å². The van der Waals surface area contributed by atoms with Gasteiger partial charge < -0.3 is 9.26 Å². The van der Waals surface area contributed by atoms with Crippen LogP contribution < -0.4 is 10.1 Å². The summed E-state index contributed by atoms with van der Waals surface area (Å²) in [4.78, 5) is 17.0. The molecule has 0 aliphatic carbocycles. The summed E-state index contributed by atoms with van der Waals surface area (Å²) in [6, 6.07) is 14.0. The summed E-state index contributed by atoms with van der Waals surface area (Å²) in [5.74, 6) is 0.992. The minimum Gasteiger partial charge on any atom is -0.489 e. The average Bonchev–Trinajstić information content (AvgIpc) is 3.36. The molecule has 4 aromatic rings. The number of ether oxygens (including phenoxy) is 1. The summed E-state index contributed by atoms with van der Waals surface area (Å²) < 4.78 is 12.8. The first-order valence-electron chi connectivity index (χ1n) is 10.3. The zero-order chi connectivity index (χ0) is 22.7. The van der Waals surface area contributed by atoms with Gasteiger partial charge in [-0.25, -0.2) is 9.67 Å². The largest absolute Gasteiger partial charge is 0.489 e. The number of benzene rings is 2. The maximum atomic E-state index is 12.8. The van der Waals surface area contributed by atoms with Gasteiger partial charge in [-0.05, 0) is 56.5 Å². The van der Waals surface area contributed by atoms with Gasteiger partial charge in [0.05, 0.1) is 12.1 Å². The van der Waals surface area contributed by atoms with Gasteiger partial charge in [0.1, 0.15) is 24.4 Å². The summed E-state index contributed by atoms with van der Waals surface area (Å²) in [6.07, 6.45) is 1.58. The molecule has 0 saturated heterocycles. The second-order valence-corrected chi connectivity index (χ2v) is 7.81. The van der Waals surface area contributed by atoms with Crippen LogP contribution in [0.2, 0.25) is 0 Å². The van der Waals surface area contributed by atoms with E-state index in [0.717, 1.165) is 16.9 Å². The highest BCUT2D eigenvalue weighted by Crippen LogP contribution is 2.21. The van der Waals surface area contributed by atoms with E-state index in [1.54, 1.807) is 17.9 Å². The van der Waals surface area contributed by atoms with Gasteiger partial charge in [0.2, 0.25) is 5.95 Å². The maximum Gasteiger partial charge on any atom is 0.280 e. The van der Waals surface area contributed by atoms with Crippen LogP contribution in [0.5, 0.6) is 5.75 Å². The topological polar surface area (TPSA) is 95.1 Å². The van der Waals surface area contributed by atoms with Gasteiger partial charge in [0.15, 0.2) is 5.69 Å². The van der Waals surface area contributed by atoms with Crippen LogP contribution >= 0.6 is 0 Å². The summed E-state index contributed by atoms with van der Waals surface area (Å²) in [5.41, 5.74) is 5.35. The second-order valence-electron chi connectivity index (χ2n) is 7.81. The van der Waals surface area contributed by atoms with Gasteiger partial charge in [0, 0.05) is 0 Å². The van der Waals surface area contributed by atoms with Crippen molar-refractivity contribution in [1.82, 2.24) is 19.9 Å². The molecule has 2 aromatic carbocycles. The SMILES string of the molecule is Cc1ccc(Cn2cnc(NC(=O)c3noc(C)c3COc3ccc(C)c(C)c3)n2)cc1. The van der Waals surface area contributed by atoms with Crippen LogP contribution in [0.1, 0.15) is 44.1 Å². The van der Waals surface area contributed by atoms with Crippen molar-refractivity contribution in [2.45, 2.75) is 40.8 Å². The Bertz CT molecular complexity index is 1240. The van der Waals surface area contributed by atoms with E-state index < -0.39 is 5.91 Å². The third-order valence-electron chi connectivity index (χ3n) is 5.29. The Hall–Kier alpha value is -3.94. The van der Waals surface area contributed by atoms with Crippen molar-refractivity contribution < 1.29 is 14.1 Å². The van der Waals surface area contributed by atoms with E-state index in [1.165, 1.54) is 11.1 Å². The van der Waals surface area contributed by atoms with Crippen LogP contribution in [-0.2, 0) is 13.2 Å². The highest BCUT2D eigenvalue weighted by atomic mass is 16.5. The first-order chi connectivity index (χ1) is 15.4. The Morgan fingerprint density at radius 3 is 2.59 bits per heavy atom. The Balaban J connectivity index is 1.42. The average molecular weight is 431 g/mol. The number of rotatable bonds is 7. The van der Waals surface area contributed by atoms with Crippen LogP contribution in [0.4, 0.5) is 5.95 Å². The molecule has 4 rings (SSSR count). The van der Waals surface area contributed by atoms with Gasteiger partial charge in [-0.2, -0.15) is 0 Å². The molecule has 8 heteroatoms. The van der Waals surface area contributed by atoms with E-state index in [-0.39, 0.29) is 18.2 Å². The lowest BCUT2D eigenvalue weighted by Gasteiger charge is -2.08. The van der Waals surface area contributed by atoms with Crippen molar-refractivity contribution in [3.63, 3.8) is 0 Å². The highest BCUT2D eigenvalue weighted by Gasteiger charge is 2.21. The highest BCUT2D eigenvalue weighted by molar-refractivity contribution is 6.02. The molecule has 0 saturated carbocycles. The number of aryl methyl sites for hydroxylation is 4. The quantitative estimate of drug-likeness (QED) is 0.467. The summed E-state index contributed by atoms with van der Waals surface area (Å²) in [5, 5.41) is 10.9. The van der Waals surface area contributed by atoms with Crippen molar-refractivity contribution in [1.29, 1.82) is 0 Å². The van der Waals surface area contributed by atoms with Crippen LogP contribution in [0.25, 0.3) is 0 Å². The van der Waals surface area contributed by atoms with Gasteiger partial charge >= 0.3 is 0 Å². The van der Waals surface area contributed by atoms with Gasteiger partial charge in [-0.15, -0.1) is 5.10 Å². The van der Waals surface area contributed by atoms with Crippen molar-refractivity contribution in [3.8, 4) is 5.75 Å². The predicted octanol–water partition coefficient (Wildman–Crippen LogP) is 4.38. The number of aromatic nitrogens is 4. The van der Waals surface area contributed by atoms with Gasteiger partial charge in [0.25, 0.3) is 5.91 Å². The molecule has 164 valence electrons.